The van der Waals surface area contributed by atoms with Crippen LogP contribution in [0.4, 0.5) is 0 Å². The van der Waals surface area contributed by atoms with Crippen molar-refractivity contribution < 1.29 is 14.3 Å². The Balaban J connectivity index is 2.12. The van der Waals surface area contributed by atoms with E-state index in [1.165, 1.54) is 0 Å². The minimum atomic E-state index is -0.366. The molecular formula is C23H29NO3. The van der Waals surface area contributed by atoms with Gasteiger partial charge in [0.05, 0.1) is 12.2 Å². The van der Waals surface area contributed by atoms with Crippen molar-refractivity contribution in [1.82, 2.24) is 5.32 Å². The lowest BCUT2D eigenvalue weighted by atomic mass is 9.68. The lowest BCUT2D eigenvalue weighted by Crippen LogP contribution is -2.38. The average molecular weight is 367 g/mol. The SMILES string of the molecule is CCCOC(=O)C1=C(C)NC2=C(C(=O)CC(C)(C)C2)[C@H]1c1ccc(C)cc1. The molecule has 0 saturated carbocycles. The standard InChI is InChI=1S/C23H29NO3/c1-6-11-27-22(26)19-15(3)24-17-12-23(4,5)13-18(25)21(17)20(19)16-9-7-14(2)8-10-16/h7-10,20,24H,6,11-13H2,1-5H3/t20-/m0/s1. The molecule has 4 nitrogen and oxygen atoms in total. The van der Waals surface area contributed by atoms with E-state index in [2.05, 4.69) is 19.2 Å². The van der Waals surface area contributed by atoms with Gasteiger partial charge in [-0.3, -0.25) is 4.79 Å². The number of esters is 1. The van der Waals surface area contributed by atoms with Gasteiger partial charge in [-0.1, -0.05) is 50.6 Å². The number of Topliss-reactive ketones (excluding diaryl/α,β-unsaturated/α-hetero) is 1. The van der Waals surface area contributed by atoms with Crippen molar-refractivity contribution in [2.45, 2.75) is 59.8 Å². The summed E-state index contributed by atoms with van der Waals surface area (Å²) in [5.41, 5.74) is 5.05. The van der Waals surface area contributed by atoms with Gasteiger partial charge in [0, 0.05) is 29.3 Å². The summed E-state index contributed by atoms with van der Waals surface area (Å²) in [6, 6.07) is 8.09. The van der Waals surface area contributed by atoms with E-state index >= 15 is 0 Å². The van der Waals surface area contributed by atoms with E-state index < -0.39 is 0 Å². The van der Waals surface area contributed by atoms with Gasteiger partial charge in [-0.2, -0.15) is 0 Å². The summed E-state index contributed by atoms with van der Waals surface area (Å²) in [6.07, 6.45) is 2.05. The molecular weight excluding hydrogens is 338 g/mol. The van der Waals surface area contributed by atoms with Crippen molar-refractivity contribution in [3.63, 3.8) is 0 Å². The predicted molar refractivity (Wildman–Crippen MR) is 106 cm³/mol. The number of hydrogen-bond donors (Lipinski definition) is 1. The van der Waals surface area contributed by atoms with Gasteiger partial charge in [-0.15, -0.1) is 0 Å². The Kier molecular flexibility index (Phi) is 5.27. The topological polar surface area (TPSA) is 55.4 Å². The number of hydrogen-bond acceptors (Lipinski definition) is 4. The molecule has 27 heavy (non-hydrogen) atoms. The molecule has 0 bridgehead atoms. The van der Waals surface area contributed by atoms with Crippen LogP contribution in [0.1, 0.15) is 64.0 Å². The van der Waals surface area contributed by atoms with Crippen molar-refractivity contribution in [1.29, 1.82) is 0 Å². The Morgan fingerprint density at radius 1 is 1.19 bits per heavy atom. The third-order valence-electron chi connectivity index (χ3n) is 5.31. The second-order valence-electron chi connectivity index (χ2n) is 8.48. The first-order valence-electron chi connectivity index (χ1n) is 9.71. The molecule has 2 aliphatic rings. The molecule has 0 unspecified atom stereocenters. The summed E-state index contributed by atoms with van der Waals surface area (Å²) in [5, 5.41) is 3.36. The zero-order chi connectivity index (χ0) is 19.8. The van der Waals surface area contributed by atoms with Crippen LogP contribution >= 0.6 is 0 Å². The average Bonchev–Trinajstić information content (AvgIpc) is 2.58. The molecule has 1 N–H and O–H groups in total. The largest absolute Gasteiger partial charge is 0.462 e. The summed E-state index contributed by atoms with van der Waals surface area (Å²) >= 11 is 0. The maximum atomic E-state index is 13.1. The zero-order valence-corrected chi connectivity index (χ0v) is 16.9. The van der Waals surface area contributed by atoms with E-state index in [0.717, 1.165) is 40.9 Å². The smallest absolute Gasteiger partial charge is 0.336 e. The van der Waals surface area contributed by atoms with Crippen LogP contribution < -0.4 is 5.32 Å². The first kappa shape index (κ1) is 19.4. The van der Waals surface area contributed by atoms with E-state index in [1.807, 2.05) is 45.0 Å². The molecule has 0 radical (unpaired) electrons. The van der Waals surface area contributed by atoms with Gasteiger partial charge < -0.3 is 10.1 Å². The van der Waals surface area contributed by atoms with Crippen molar-refractivity contribution in [2.75, 3.05) is 6.61 Å². The third-order valence-corrected chi connectivity index (χ3v) is 5.31. The molecule has 1 heterocycles. The molecule has 1 aliphatic heterocycles. The zero-order valence-electron chi connectivity index (χ0n) is 16.9. The van der Waals surface area contributed by atoms with Crippen LogP contribution in [0, 0.1) is 12.3 Å². The Hall–Kier alpha value is -2.36. The third kappa shape index (κ3) is 3.85. The van der Waals surface area contributed by atoms with E-state index in [9.17, 15) is 9.59 Å². The van der Waals surface area contributed by atoms with Crippen LogP contribution in [0.2, 0.25) is 0 Å². The maximum absolute atomic E-state index is 13.1. The van der Waals surface area contributed by atoms with Crippen LogP contribution in [-0.4, -0.2) is 18.4 Å². The second-order valence-corrected chi connectivity index (χ2v) is 8.48. The van der Waals surface area contributed by atoms with E-state index in [0.29, 0.717) is 18.6 Å². The van der Waals surface area contributed by atoms with E-state index in [4.69, 9.17) is 4.74 Å². The van der Waals surface area contributed by atoms with Crippen LogP contribution in [0.25, 0.3) is 0 Å². The Morgan fingerprint density at radius 2 is 1.85 bits per heavy atom. The van der Waals surface area contributed by atoms with Crippen LogP contribution in [0.15, 0.2) is 46.8 Å². The van der Waals surface area contributed by atoms with Gasteiger partial charge in [0.25, 0.3) is 0 Å². The Bertz CT molecular complexity index is 828. The molecule has 1 aromatic rings. The number of benzene rings is 1. The predicted octanol–water partition coefficient (Wildman–Crippen LogP) is 4.55. The van der Waals surface area contributed by atoms with Crippen molar-refractivity contribution in [3.8, 4) is 0 Å². The molecule has 4 heteroatoms. The number of nitrogens with one attached hydrogen (secondary N) is 1. The molecule has 3 rings (SSSR count). The first-order chi connectivity index (χ1) is 12.7. The lowest BCUT2D eigenvalue weighted by Gasteiger charge is -2.39. The summed E-state index contributed by atoms with van der Waals surface area (Å²) in [6.45, 7) is 10.5. The van der Waals surface area contributed by atoms with Gasteiger partial charge in [0.2, 0.25) is 0 Å². The molecule has 144 valence electrons. The number of rotatable bonds is 4. The van der Waals surface area contributed by atoms with E-state index in [1.54, 1.807) is 0 Å². The van der Waals surface area contributed by atoms with Crippen molar-refractivity contribution in [2.24, 2.45) is 5.41 Å². The van der Waals surface area contributed by atoms with Gasteiger partial charge in [0.15, 0.2) is 5.78 Å². The minimum absolute atomic E-state index is 0.0821. The maximum Gasteiger partial charge on any atom is 0.336 e. The summed E-state index contributed by atoms with van der Waals surface area (Å²) < 4.78 is 5.46. The Morgan fingerprint density at radius 3 is 2.48 bits per heavy atom. The van der Waals surface area contributed by atoms with Crippen LogP contribution in [0.5, 0.6) is 0 Å². The molecule has 1 aliphatic carbocycles. The van der Waals surface area contributed by atoms with Gasteiger partial charge in [-0.25, -0.2) is 4.79 Å². The first-order valence-corrected chi connectivity index (χ1v) is 9.71. The molecule has 1 atom stereocenters. The monoisotopic (exact) mass is 367 g/mol. The fourth-order valence-electron chi connectivity index (χ4n) is 4.07. The normalized spacial score (nSPS) is 21.7. The Labute approximate surface area is 161 Å². The number of carbonyl (C=O) groups excluding carboxylic acids is 2. The quantitative estimate of drug-likeness (QED) is 0.793. The highest BCUT2D eigenvalue weighted by Gasteiger charge is 2.43. The second kappa shape index (κ2) is 7.34. The molecule has 0 amide bonds. The number of dihydropyridines is 1. The summed E-state index contributed by atoms with van der Waals surface area (Å²) in [5.74, 6) is -0.584. The molecule has 0 aromatic heterocycles. The fraction of sp³-hybridized carbons (Fsp3) is 0.478. The van der Waals surface area contributed by atoms with Gasteiger partial charge in [-0.05, 0) is 37.7 Å². The van der Waals surface area contributed by atoms with Crippen molar-refractivity contribution >= 4 is 11.8 Å². The number of ketones is 1. The molecule has 1 aromatic carbocycles. The highest BCUT2D eigenvalue weighted by molar-refractivity contribution is 6.04. The van der Waals surface area contributed by atoms with Gasteiger partial charge >= 0.3 is 5.97 Å². The molecule has 0 saturated heterocycles. The van der Waals surface area contributed by atoms with E-state index in [-0.39, 0.29) is 23.1 Å². The highest BCUT2D eigenvalue weighted by atomic mass is 16.5. The molecule has 0 fully saturated rings. The lowest BCUT2D eigenvalue weighted by molar-refractivity contribution is -0.139. The highest BCUT2D eigenvalue weighted by Crippen LogP contribution is 2.46. The fourth-order valence-corrected chi connectivity index (χ4v) is 4.07. The van der Waals surface area contributed by atoms with Crippen LogP contribution in [-0.2, 0) is 14.3 Å². The van der Waals surface area contributed by atoms with Gasteiger partial charge in [0.1, 0.15) is 0 Å². The summed E-state index contributed by atoms with van der Waals surface area (Å²) in [4.78, 5) is 26.0. The number of aryl methyl sites for hydroxylation is 1. The van der Waals surface area contributed by atoms with Crippen LogP contribution in [0.3, 0.4) is 0 Å². The summed E-state index contributed by atoms with van der Waals surface area (Å²) in [7, 11) is 0. The molecule has 0 spiro atoms. The number of carbonyl (C=O) groups is 2. The van der Waals surface area contributed by atoms with Crippen molar-refractivity contribution in [3.05, 3.63) is 57.9 Å². The number of ether oxygens (including phenoxy) is 1. The number of allylic oxidation sites excluding steroid dienone is 3. The minimum Gasteiger partial charge on any atom is -0.462 e.